The third kappa shape index (κ3) is 5.64. The Kier molecular flexibility index (Phi) is 6.72. The van der Waals surface area contributed by atoms with Gasteiger partial charge >= 0.3 is 0 Å². The van der Waals surface area contributed by atoms with E-state index in [0.717, 1.165) is 5.56 Å². The van der Waals surface area contributed by atoms with Crippen LogP contribution < -0.4 is 4.74 Å². The molecule has 2 aromatic carbocycles. The lowest BCUT2D eigenvalue weighted by molar-refractivity contribution is -0.491. The van der Waals surface area contributed by atoms with Gasteiger partial charge in [-0.05, 0) is 23.3 Å². The van der Waals surface area contributed by atoms with E-state index in [9.17, 15) is 15.2 Å². The third-order valence-electron chi connectivity index (χ3n) is 3.44. The highest BCUT2D eigenvalue weighted by Crippen LogP contribution is 2.21. The summed E-state index contributed by atoms with van der Waals surface area (Å²) in [7, 11) is 0. The molecule has 0 fully saturated rings. The summed E-state index contributed by atoms with van der Waals surface area (Å²) in [5.74, 6) is 0.509. The van der Waals surface area contributed by atoms with E-state index in [1.165, 1.54) is 0 Å². The summed E-state index contributed by atoms with van der Waals surface area (Å²) in [6, 6.07) is 16.4. The summed E-state index contributed by atoms with van der Waals surface area (Å²) < 4.78 is 11.5. The number of nitrogens with zero attached hydrogens (tertiary/aromatic N) is 1. The fourth-order valence-corrected chi connectivity index (χ4v) is 2.19. The van der Waals surface area contributed by atoms with Crippen molar-refractivity contribution in [2.75, 3.05) is 6.54 Å². The zero-order valence-corrected chi connectivity index (χ0v) is 13.5. The van der Waals surface area contributed by atoms with Gasteiger partial charge in [-0.15, -0.1) is 0 Å². The molecule has 0 aliphatic heterocycles. The van der Waals surface area contributed by atoms with Crippen molar-refractivity contribution < 1.29 is 19.5 Å². The number of rotatable bonds is 9. The van der Waals surface area contributed by atoms with Gasteiger partial charge < -0.3 is 14.6 Å². The van der Waals surface area contributed by atoms with Crippen LogP contribution in [0.15, 0.2) is 54.6 Å². The standard InChI is InChI=1S/C18H21NO5/c1-2-18(23-13-14-7-4-3-5-8-14)24-16-10-6-9-15(11-16)17(20)12-19(21)22/h3-11,17-18,20H,2,12-13H2,1H3/t17-,18?/m1/s1. The van der Waals surface area contributed by atoms with Crippen molar-refractivity contribution >= 4 is 0 Å². The first-order valence-corrected chi connectivity index (χ1v) is 7.80. The number of aliphatic hydroxyl groups is 1. The molecule has 2 atom stereocenters. The Morgan fingerprint density at radius 3 is 2.58 bits per heavy atom. The second-order valence-electron chi connectivity index (χ2n) is 5.36. The van der Waals surface area contributed by atoms with Crippen LogP contribution in [0, 0.1) is 10.1 Å². The van der Waals surface area contributed by atoms with E-state index in [2.05, 4.69) is 0 Å². The minimum absolute atomic E-state index is 0.434. The second-order valence-corrected chi connectivity index (χ2v) is 5.36. The Labute approximate surface area is 140 Å². The largest absolute Gasteiger partial charge is 0.465 e. The van der Waals surface area contributed by atoms with E-state index in [1.54, 1.807) is 24.3 Å². The Hall–Kier alpha value is -2.44. The molecule has 0 radical (unpaired) electrons. The smallest absolute Gasteiger partial charge is 0.233 e. The lowest BCUT2D eigenvalue weighted by Gasteiger charge is -2.19. The van der Waals surface area contributed by atoms with Crippen molar-refractivity contribution in [1.29, 1.82) is 0 Å². The van der Waals surface area contributed by atoms with E-state index < -0.39 is 23.9 Å². The molecule has 6 heteroatoms. The van der Waals surface area contributed by atoms with Gasteiger partial charge in [-0.2, -0.15) is 0 Å². The van der Waals surface area contributed by atoms with Crippen molar-refractivity contribution in [1.82, 2.24) is 0 Å². The average molecular weight is 331 g/mol. The van der Waals surface area contributed by atoms with Gasteiger partial charge in [-0.1, -0.05) is 49.4 Å². The molecule has 1 unspecified atom stereocenters. The quantitative estimate of drug-likeness (QED) is 0.433. The minimum Gasteiger partial charge on any atom is -0.465 e. The van der Waals surface area contributed by atoms with Crippen LogP contribution in [0.25, 0.3) is 0 Å². The van der Waals surface area contributed by atoms with Crippen LogP contribution in [0.2, 0.25) is 0 Å². The number of hydrogen-bond donors (Lipinski definition) is 1. The van der Waals surface area contributed by atoms with Gasteiger partial charge in [-0.25, -0.2) is 0 Å². The topological polar surface area (TPSA) is 81.8 Å². The summed E-state index contributed by atoms with van der Waals surface area (Å²) in [6.07, 6.45) is -0.948. The van der Waals surface area contributed by atoms with Crippen LogP contribution in [-0.4, -0.2) is 22.9 Å². The molecule has 0 bridgehead atoms. The van der Waals surface area contributed by atoms with Gasteiger partial charge in [0.1, 0.15) is 11.9 Å². The molecule has 0 heterocycles. The summed E-state index contributed by atoms with van der Waals surface area (Å²) >= 11 is 0. The first kappa shape index (κ1) is 17.9. The molecule has 0 spiro atoms. The SMILES string of the molecule is CCC(OCc1ccccc1)Oc1cccc([C@H](O)C[N+](=O)[O-])c1. The number of nitro groups is 1. The van der Waals surface area contributed by atoms with Gasteiger partial charge in [0.15, 0.2) is 6.29 Å². The van der Waals surface area contributed by atoms with Gasteiger partial charge in [0, 0.05) is 11.3 Å². The number of aliphatic hydroxyl groups excluding tert-OH is 1. The minimum atomic E-state index is -1.16. The average Bonchev–Trinajstić information content (AvgIpc) is 2.59. The maximum atomic E-state index is 10.5. The Morgan fingerprint density at radius 2 is 1.92 bits per heavy atom. The highest BCUT2D eigenvalue weighted by molar-refractivity contribution is 5.30. The van der Waals surface area contributed by atoms with E-state index in [1.807, 2.05) is 37.3 Å². The van der Waals surface area contributed by atoms with E-state index in [-0.39, 0.29) is 0 Å². The van der Waals surface area contributed by atoms with Crippen LogP contribution in [0.4, 0.5) is 0 Å². The maximum Gasteiger partial charge on any atom is 0.233 e. The summed E-state index contributed by atoms with van der Waals surface area (Å²) in [6.45, 7) is 1.84. The number of hydrogen-bond acceptors (Lipinski definition) is 5. The lowest BCUT2D eigenvalue weighted by Crippen LogP contribution is -2.19. The molecule has 1 N–H and O–H groups in total. The van der Waals surface area contributed by atoms with Crippen LogP contribution >= 0.6 is 0 Å². The molecular weight excluding hydrogens is 310 g/mol. The molecule has 0 amide bonds. The molecule has 0 aliphatic carbocycles. The molecule has 2 aromatic rings. The monoisotopic (exact) mass is 331 g/mol. The first-order valence-electron chi connectivity index (χ1n) is 7.80. The highest BCUT2D eigenvalue weighted by atomic mass is 16.7. The molecule has 0 saturated heterocycles. The highest BCUT2D eigenvalue weighted by Gasteiger charge is 2.16. The predicted molar refractivity (Wildman–Crippen MR) is 89.2 cm³/mol. The van der Waals surface area contributed by atoms with Gasteiger partial charge in [0.2, 0.25) is 6.54 Å². The number of ether oxygens (including phenoxy) is 2. The summed E-state index contributed by atoms with van der Waals surface area (Å²) in [5, 5.41) is 20.3. The summed E-state index contributed by atoms with van der Waals surface area (Å²) in [4.78, 5) is 9.96. The maximum absolute atomic E-state index is 10.5. The summed E-state index contributed by atoms with van der Waals surface area (Å²) in [5.41, 5.74) is 1.50. The molecule has 6 nitrogen and oxygen atoms in total. The van der Waals surface area contributed by atoms with E-state index in [0.29, 0.717) is 24.3 Å². The Bertz CT molecular complexity index is 647. The van der Waals surface area contributed by atoms with Crippen molar-refractivity contribution in [2.24, 2.45) is 0 Å². The normalized spacial score (nSPS) is 13.2. The molecule has 0 aromatic heterocycles. The Morgan fingerprint density at radius 1 is 1.17 bits per heavy atom. The zero-order valence-electron chi connectivity index (χ0n) is 13.5. The molecular formula is C18H21NO5. The van der Waals surface area contributed by atoms with E-state index >= 15 is 0 Å². The van der Waals surface area contributed by atoms with Crippen LogP contribution in [-0.2, 0) is 11.3 Å². The second kappa shape index (κ2) is 9.00. The molecule has 2 rings (SSSR count). The van der Waals surface area contributed by atoms with Crippen LogP contribution in [0.1, 0.15) is 30.6 Å². The Balaban J connectivity index is 1.96. The fourth-order valence-electron chi connectivity index (χ4n) is 2.19. The van der Waals surface area contributed by atoms with Gasteiger partial charge in [-0.3, -0.25) is 10.1 Å². The zero-order chi connectivity index (χ0) is 17.4. The van der Waals surface area contributed by atoms with Crippen molar-refractivity contribution in [3.8, 4) is 5.75 Å². The lowest BCUT2D eigenvalue weighted by atomic mass is 10.1. The van der Waals surface area contributed by atoms with Crippen molar-refractivity contribution in [3.05, 3.63) is 75.8 Å². The molecule has 0 aliphatic rings. The van der Waals surface area contributed by atoms with Crippen molar-refractivity contribution in [2.45, 2.75) is 32.3 Å². The molecule has 0 saturated carbocycles. The fraction of sp³-hybridized carbons (Fsp3) is 0.333. The van der Waals surface area contributed by atoms with Crippen LogP contribution in [0.5, 0.6) is 5.75 Å². The van der Waals surface area contributed by atoms with Crippen molar-refractivity contribution in [3.63, 3.8) is 0 Å². The molecule has 128 valence electrons. The van der Waals surface area contributed by atoms with E-state index in [4.69, 9.17) is 9.47 Å². The predicted octanol–water partition coefficient (Wildman–Crippen LogP) is 3.33. The third-order valence-corrected chi connectivity index (χ3v) is 3.44. The van der Waals surface area contributed by atoms with Crippen LogP contribution in [0.3, 0.4) is 0 Å². The van der Waals surface area contributed by atoms with Gasteiger partial charge in [0.25, 0.3) is 0 Å². The number of benzene rings is 2. The first-order chi connectivity index (χ1) is 11.6. The van der Waals surface area contributed by atoms with Gasteiger partial charge in [0.05, 0.1) is 6.61 Å². The molecule has 24 heavy (non-hydrogen) atoms.